The molecule has 0 radical (unpaired) electrons. The molecule has 28 heavy (non-hydrogen) atoms. The first-order valence-electron chi connectivity index (χ1n) is 8.87. The van der Waals surface area contributed by atoms with Crippen molar-refractivity contribution in [1.82, 2.24) is 4.98 Å². The Morgan fingerprint density at radius 1 is 1.00 bits per heavy atom. The van der Waals surface area contributed by atoms with E-state index >= 15 is 0 Å². The summed E-state index contributed by atoms with van der Waals surface area (Å²) in [5, 5.41) is 2.79. The van der Waals surface area contributed by atoms with Crippen molar-refractivity contribution in [2.45, 2.75) is 13.0 Å². The third-order valence-corrected chi connectivity index (χ3v) is 3.91. The maximum atomic E-state index is 13.0. The monoisotopic (exact) mass is 376 g/mol. The second kappa shape index (κ2) is 9.32. The highest BCUT2D eigenvalue weighted by Crippen LogP contribution is 2.27. The van der Waals surface area contributed by atoms with E-state index in [2.05, 4.69) is 10.3 Å². The topological polar surface area (TPSA) is 77.5 Å². The van der Waals surface area contributed by atoms with Gasteiger partial charge in [0.25, 0.3) is 5.91 Å². The summed E-state index contributed by atoms with van der Waals surface area (Å²) >= 11 is 0. The highest BCUT2D eigenvalue weighted by molar-refractivity contribution is 5.98. The molecule has 6 nitrogen and oxygen atoms in total. The molecule has 0 fully saturated rings. The van der Waals surface area contributed by atoms with Crippen molar-refractivity contribution >= 4 is 17.6 Å². The molecule has 0 saturated carbocycles. The van der Waals surface area contributed by atoms with Gasteiger partial charge in [-0.05, 0) is 31.2 Å². The van der Waals surface area contributed by atoms with Gasteiger partial charge in [0.2, 0.25) is 6.10 Å². The van der Waals surface area contributed by atoms with Crippen molar-refractivity contribution in [1.29, 1.82) is 0 Å². The highest BCUT2D eigenvalue weighted by Gasteiger charge is 2.26. The number of aromatic nitrogens is 1. The Labute approximate surface area is 163 Å². The van der Waals surface area contributed by atoms with Crippen LogP contribution in [0.1, 0.15) is 28.9 Å². The van der Waals surface area contributed by atoms with Gasteiger partial charge < -0.3 is 14.8 Å². The molecule has 3 aromatic rings. The van der Waals surface area contributed by atoms with Gasteiger partial charge in [0.15, 0.2) is 0 Å². The van der Waals surface area contributed by atoms with Crippen molar-refractivity contribution in [3.05, 3.63) is 90.3 Å². The van der Waals surface area contributed by atoms with Gasteiger partial charge in [0, 0.05) is 18.0 Å². The molecule has 1 amide bonds. The highest BCUT2D eigenvalue weighted by atomic mass is 16.5. The zero-order valence-electron chi connectivity index (χ0n) is 15.4. The normalized spacial score (nSPS) is 11.3. The average molecular weight is 376 g/mol. The van der Waals surface area contributed by atoms with Crippen LogP contribution in [0.3, 0.4) is 0 Å². The summed E-state index contributed by atoms with van der Waals surface area (Å²) in [4.78, 5) is 29.4. The predicted octanol–water partition coefficient (Wildman–Crippen LogP) is 4.02. The Hall–Kier alpha value is -3.67. The van der Waals surface area contributed by atoms with Crippen LogP contribution in [-0.4, -0.2) is 23.5 Å². The van der Waals surface area contributed by atoms with E-state index in [9.17, 15) is 9.59 Å². The lowest BCUT2D eigenvalue weighted by atomic mass is 10.1. The summed E-state index contributed by atoms with van der Waals surface area (Å²) in [5.41, 5.74) is 1.34. The number of para-hydroxylation sites is 2. The van der Waals surface area contributed by atoms with E-state index in [1.807, 2.05) is 19.1 Å². The zero-order chi connectivity index (χ0) is 19.8. The van der Waals surface area contributed by atoms with Crippen LogP contribution in [0.5, 0.6) is 5.75 Å². The Morgan fingerprint density at radius 2 is 1.75 bits per heavy atom. The minimum atomic E-state index is -1.12. The number of rotatable bonds is 7. The molecule has 0 saturated heterocycles. The van der Waals surface area contributed by atoms with Gasteiger partial charge in [-0.3, -0.25) is 9.78 Å². The third-order valence-electron chi connectivity index (χ3n) is 3.91. The molecular formula is C22H20N2O4. The smallest absolute Gasteiger partial charge is 0.340 e. The molecule has 6 heteroatoms. The Bertz CT molecular complexity index is 930. The number of anilines is 1. The van der Waals surface area contributed by atoms with E-state index < -0.39 is 18.0 Å². The number of carbonyl (C=O) groups excluding carboxylic acids is 2. The lowest BCUT2D eigenvalue weighted by molar-refractivity contribution is -0.125. The number of hydrogen-bond acceptors (Lipinski definition) is 5. The summed E-state index contributed by atoms with van der Waals surface area (Å²) in [6.45, 7) is 2.33. The molecular weight excluding hydrogens is 356 g/mol. The van der Waals surface area contributed by atoms with E-state index in [1.165, 1.54) is 6.20 Å². The van der Waals surface area contributed by atoms with Crippen LogP contribution < -0.4 is 10.1 Å². The number of nitrogens with zero attached hydrogens (tertiary/aromatic N) is 1. The molecule has 3 rings (SSSR count). The van der Waals surface area contributed by atoms with Gasteiger partial charge >= 0.3 is 5.97 Å². The Morgan fingerprint density at radius 3 is 2.46 bits per heavy atom. The number of ether oxygens (including phenoxy) is 2. The van der Waals surface area contributed by atoms with E-state index in [4.69, 9.17) is 9.47 Å². The number of esters is 1. The SMILES string of the molecule is CCOc1ccccc1NC(=O)[C@H](OC(=O)c1cccnc1)c1ccccc1. The largest absolute Gasteiger partial charge is 0.492 e. The number of amides is 1. The van der Waals surface area contributed by atoms with Crippen LogP contribution in [0.15, 0.2) is 79.1 Å². The van der Waals surface area contributed by atoms with Gasteiger partial charge in [-0.1, -0.05) is 42.5 Å². The van der Waals surface area contributed by atoms with Crippen LogP contribution in [0, 0.1) is 0 Å². The fourth-order valence-corrected chi connectivity index (χ4v) is 2.61. The first kappa shape index (κ1) is 19.1. The van der Waals surface area contributed by atoms with E-state index in [1.54, 1.807) is 60.8 Å². The van der Waals surface area contributed by atoms with Gasteiger partial charge in [-0.15, -0.1) is 0 Å². The van der Waals surface area contributed by atoms with Gasteiger partial charge in [-0.2, -0.15) is 0 Å². The van der Waals surface area contributed by atoms with Gasteiger partial charge in [-0.25, -0.2) is 4.79 Å². The fraction of sp³-hybridized carbons (Fsp3) is 0.136. The van der Waals surface area contributed by atoms with Crippen LogP contribution in [0.2, 0.25) is 0 Å². The molecule has 0 aliphatic rings. The molecule has 142 valence electrons. The maximum Gasteiger partial charge on any atom is 0.340 e. The maximum absolute atomic E-state index is 13.0. The molecule has 2 aromatic carbocycles. The van der Waals surface area contributed by atoms with Crippen LogP contribution in [0.4, 0.5) is 5.69 Å². The fourth-order valence-electron chi connectivity index (χ4n) is 2.61. The molecule has 1 atom stereocenters. The number of hydrogen-bond donors (Lipinski definition) is 1. The van der Waals surface area contributed by atoms with Gasteiger partial charge in [0.05, 0.1) is 17.9 Å². The quantitative estimate of drug-likeness (QED) is 0.630. The average Bonchev–Trinajstić information content (AvgIpc) is 2.74. The first-order chi connectivity index (χ1) is 13.7. The zero-order valence-corrected chi connectivity index (χ0v) is 15.4. The molecule has 0 aliphatic heterocycles. The summed E-state index contributed by atoms with van der Waals surface area (Å²) in [6.07, 6.45) is 1.83. The lowest BCUT2D eigenvalue weighted by Gasteiger charge is -2.19. The number of benzene rings is 2. The van der Waals surface area contributed by atoms with Crippen LogP contribution >= 0.6 is 0 Å². The molecule has 1 aromatic heterocycles. The van der Waals surface area contributed by atoms with Crippen molar-refractivity contribution in [3.63, 3.8) is 0 Å². The lowest BCUT2D eigenvalue weighted by Crippen LogP contribution is -2.26. The number of pyridine rings is 1. The third kappa shape index (κ3) is 4.73. The summed E-state index contributed by atoms with van der Waals surface area (Å²) in [6, 6.07) is 19.2. The van der Waals surface area contributed by atoms with E-state index in [0.717, 1.165) is 0 Å². The summed E-state index contributed by atoms with van der Waals surface area (Å²) in [7, 11) is 0. The van der Waals surface area contributed by atoms with Crippen molar-refractivity contribution < 1.29 is 19.1 Å². The second-order valence-corrected chi connectivity index (χ2v) is 5.86. The Balaban J connectivity index is 1.85. The first-order valence-corrected chi connectivity index (χ1v) is 8.87. The Kier molecular flexibility index (Phi) is 6.36. The molecule has 0 unspecified atom stereocenters. The molecule has 1 heterocycles. The van der Waals surface area contributed by atoms with Crippen LogP contribution in [0.25, 0.3) is 0 Å². The van der Waals surface area contributed by atoms with Gasteiger partial charge in [0.1, 0.15) is 5.75 Å². The van der Waals surface area contributed by atoms with Crippen molar-refractivity contribution in [3.8, 4) is 5.75 Å². The molecule has 0 aliphatic carbocycles. The van der Waals surface area contributed by atoms with Crippen molar-refractivity contribution in [2.24, 2.45) is 0 Å². The second-order valence-electron chi connectivity index (χ2n) is 5.86. The van der Waals surface area contributed by atoms with E-state index in [-0.39, 0.29) is 5.56 Å². The number of nitrogens with one attached hydrogen (secondary N) is 1. The van der Waals surface area contributed by atoms with Crippen LogP contribution in [-0.2, 0) is 9.53 Å². The summed E-state index contributed by atoms with van der Waals surface area (Å²) < 4.78 is 11.1. The minimum absolute atomic E-state index is 0.269. The minimum Gasteiger partial charge on any atom is -0.492 e. The number of carbonyl (C=O) groups is 2. The summed E-state index contributed by atoms with van der Waals surface area (Å²) in [5.74, 6) is -0.561. The predicted molar refractivity (Wildman–Crippen MR) is 105 cm³/mol. The standard InChI is InChI=1S/C22H20N2O4/c1-2-27-19-13-7-6-12-18(19)24-21(25)20(16-9-4-3-5-10-16)28-22(26)17-11-8-14-23-15-17/h3-15,20H,2H2,1H3,(H,24,25)/t20-/m1/s1. The molecule has 0 bridgehead atoms. The molecule has 0 spiro atoms. The van der Waals surface area contributed by atoms with Crippen molar-refractivity contribution in [2.75, 3.05) is 11.9 Å². The molecule has 1 N–H and O–H groups in total. The van der Waals surface area contributed by atoms with E-state index in [0.29, 0.717) is 23.6 Å².